The van der Waals surface area contributed by atoms with Crippen molar-refractivity contribution in [3.05, 3.63) is 0 Å². The molecule has 1 atom stereocenters. The maximum absolute atomic E-state index is 11.3. The van der Waals surface area contributed by atoms with E-state index in [1.165, 1.54) is 32.5 Å². The fourth-order valence-corrected chi connectivity index (χ4v) is 2.29. The second kappa shape index (κ2) is 6.83. The summed E-state index contributed by atoms with van der Waals surface area (Å²) in [6.45, 7) is 8.60. The lowest BCUT2D eigenvalue weighted by Crippen LogP contribution is -2.24. The summed E-state index contributed by atoms with van der Waals surface area (Å²) in [6.07, 6.45) is 4.28. The summed E-state index contributed by atoms with van der Waals surface area (Å²) >= 11 is 0. The molecular formula is C12H24N2O. The second-order valence-electron chi connectivity index (χ2n) is 4.45. The summed E-state index contributed by atoms with van der Waals surface area (Å²) in [5, 5.41) is 2.85. The van der Waals surface area contributed by atoms with Crippen LogP contribution in [0.5, 0.6) is 0 Å². The molecule has 0 aromatic heterocycles. The topological polar surface area (TPSA) is 32.3 Å². The van der Waals surface area contributed by atoms with Crippen LogP contribution < -0.4 is 5.32 Å². The molecule has 3 nitrogen and oxygen atoms in total. The van der Waals surface area contributed by atoms with E-state index in [-0.39, 0.29) is 5.91 Å². The number of carbonyl (C=O) groups is 1. The molecule has 0 aromatic rings. The Hall–Kier alpha value is -0.570. The molecule has 1 fully saturated rings. The molecule has 0 aromatic carbocycles. The lowest BCUT2D eigenvalue weighted by molar-refractivity contribution is -0.121. The van der Waals surface area contributed by atoms with Crippen molar-refractivity contribution in [2.75, 3.05) is 26.2 Å². The molecule has 3 heteroatoms. The third kappa shape index (κ3) is 4.65. The lowest BCUT2D eigenvalue weighted by atomic mass is 10.0. The number of hydrogen-bond acceptors (Lipinski definition) is 2. The predicted octanol–water partition coefficient (Wildman–Crippen LogP) is 1.63. The van der Waals surface area contributed by atoms with Gasteiger partial charge in [0.1, 0.15) is 0 Å². The van der Waals surface area contributed by atoms with Gasteiger partial charge in [0.25, 0.3) is 0 Å². The smallest absolute Gasteiger partial charge is 0.219 e. The minimum absolute atomic E-state index is 0.214. The van der Waals surface area contributed by atoms with Crippen LogP contribution in [-0.2, 0) is 4.79 Å². The number of amides is 1. The van der Waals surface area contributed by atoms with Crippen molar-refractivity contribution in [3.8, 4) is 0 Å². The highest BCUT2D eigenvalue weighted by atomic mass is 16.1. The summed E-state index contributed by atoms with van der Waals surface area (Å²) in [5.41, 5.74) is 0. The van der Waals surface area contributed by atoms with Crippen LogP contribution in [0.3, 0.4) is 0 Å². The van der Waals surface area contributed by atoms with Gasteiger partial charge in [-0.05, 0) is 45.2 Å². The Morgan fingerprint density at radius 1 is 1.47 bits per heavy atom. The molecule has 0 saturated carbocycles. The fraction of sp³-hybridized carbons (Fsp3) is 0.917. The molecule has 0 bridgehead atoms. The van der Waals surface area contributed by atoms with Crippen molar-refractivity contribution < 1.29 is 4.79 Å². The SMILES string of the molecule is CCCN1CCC(CCC(=O)NCC)C1. The van der Waals surface area contributed by atoms with E-state index in [2.05, 4.69) is 17.1 Å². The zero-order chi connectivity index (χ0) is 11.1. The normalized spacial score (nSPS) is 21.9. The largest absolute Gasteiger partial charge is 0.356 e. The third-order valence-electron chi connectivity index (χ3n) is 3.06. The van der Waals surface area contributed by atoms with E-state index in [0.717, 1.165) is 18.9 Å². The van der Waals surface area contributed by atoms with E-state index >= 15 is 0 Å². The van der Waals surface area contributed by atoms with Gasteiger partial charge < -0.3 is 10.2 Å². The predicted molar refractivity (Wildman–Crippen MR) is 62.8 cm³/mol. The van der Waals surface area contributed by atoms with Crippen LogP contribution in [0, 0.1) is 5.92 Å². The van der Waals surface area contributed by atoms with Crippen LogP contribution in [0.1, 0.15) is 39.5 Å². The first-order chi connectivity index (χ1) is 7.26. The van der Waals surface area contributed by atoms with Gasteiger partial charge in [-0.1, -0.05) is 6.92 Å². The number of carbonyl (C=O) groups excluding carboxylic acids is 1. The van der Waals surface area contributed by atoms with Gasteiger partial charge in [0.15, 0.2) is 0 Å². The Bertz CT molecular complexity index is 194. The average molecular weight is 212 g/mol. The van der Waals surface area contributed by atoms with E-state index < -0.39 is 0 Å². The molecule has 1 unspecified atom stereocenters. The highest BCUT2D eigenvalue weighted by molar-refractivity contribution is 5.75. The van der Waals surface area contributed by atoms with Crippen molar-refractivity contribution >= 4 is 5.91 Å². The highest BCUT2D eigenvalue weighted by Crippen LogP contribution is 2.20. The van der Waals surface area contributed by atoms with Gasteiger partial charge in [-0.2, -0.15) is 0 Å². The molecule has 1 saturated heterocycles. The molecule has 1 amide bonds. The van der Waals surface area contributed by atoms with Crippen molar-refractivity contribution in [1.82, 2.24) is 10.2 Å². The van der Waals surface area contributed by atoms with Gasteiger partial charge in [-0.25, -0.2) is 0 Å². The van der Waals surface area contributed by atoms with Crippen LogP contribution in [0.2, 0.25) is 0 Å². The molecule has 1 aliphatic rings. The van der Waals surface area contributed by atoms with Gasteiger partial charge in [0.2, 0.25) is 5.91 Å². The maximum Gasteiger partial charge on any atom is 0.219 e. The summed E-state index contributed by atoms with van der Waals surface area (Å²) < 4.78 is 0. The van der Waals surface area contributed by atoms with Crippen LogP contribution in [0.25, 0.3) is 0 Å². The minimum Gasteiger partial charge on any atom is -0.356 e. The number of rotatable bonds is 6. The minimum atomic E-state index is 0.214. The van der Waals surface area contributed by atoms with Gasteiger partial charge >= 0.3 is 0 Å². The van der Waals surface area contributed by atoms with E-state index in [0.29, 0.717) is 6.42 Å². The lowest BCUT2D eigenvalue weighted by Gasteiger charge is -2.14. The van der Waals surface area contributed by atoms with E-state index in [1.807, 2.05) is 6.92 Å². The van der Waals surface area contributed by atoms with E-state index in [9.17, 15) is 4.79 Å². The Kier molecular flexibility index (Phi) is 5.69. The van der Waals surface area contributed by atoms with Crippen LogP contribution >= 0.6 is 0 Å². The number of nitrogens with zero attached hydrogens (tertiary/aromatic N) is 1. The summed E-state index contributed by atoms with van der Waals surface area (Å²) in [5.74, 6) is 0.964. The molecule has 15 heavy (non-hydrogen) atoms. The second-order valence-corrected chi connectivity index (χ2v) is 4.45. The maximum atomic E-state index is 11.3. The van der Waals surface area contributed by atoms with Crippen LogP contribution in [-0.4, -0.2) is 37.0 Å². The summed E-state index contributed by atoms with van der Waals surface area (Å²) in [7, 11) is 0. The Morgan fingerprint density at radius 2 is 2.27 bits per heavy atom. The highest BCUT2D eigenvalue weighted by Gasteiger charge is 2.21. The standard InChI is InChI=1S/C12H24N2O/c1-3-8-14-9-7-11(10-14)5-6-12(15)13-4-2/h11H,3-10H2,1-2H3,(H,13,15). The Balaban J connectivity index is 2.10. The number of nitrogens with one attached hydrogen (secondary N) is 1. The van der Waals surface area contributed by atoms with Crippen molar-refractivity contribution in [2.45, 2.75) is 39.5 Å². The summed E-state index contributed by atoms with van der Waals surface area (Å²) in [4.78, 5) is 13.8. The molecule has 0 radical (unpaired) electrons. The monoisotopic (exact) mass is 212 g/mol. The molecule has 88 valence electrons. The first-order valence-electron chi connectivity index (χ1n) is 6.25. The number of hydrogen-bond donors (Lipinski definition) is 1. The van der Waals surface area contributed by atoms with Gasteiger partial charge in [0.05, 0.1) is 0 Å². The van der Waals surface area contributed by atoms with Gasteiger partial charge in [-0.15, -0.1) is 0 Å². The molecular weight excluding hydrogens is 188 g/mol. The van der Waals surface area contributed by atoms with E-state index in [4.69, 9.17) is 0 Å². The van der Waals surface area contributed by atoms with Gasteiger partial charge in [0, 0.05) is 19.5 Å². The van der Waals surface area contributed by atoms with Crippen molar-refractivity contribution in [2.24, 2.45) is 5.92 Å². The first kappa shape index (κ1) is 12.5. The first-order valence-corrected chi connectivity index (χ1v) is 6.25. The number of likely N-dealkylation sites (tertiary alicyclic amines) is 1. The van der Waals surface area contributed by atoms with Crippen molar-refractivity contribution in [3.63, 3.8) is 0 Å². The molecule has 1 rings (SSSR count). The zero-order valence-electron chi connectivity index (χ0n) is 10.1. The molecule has 0 aliphatic carbocycles. The molecule has 1 N–H and O–H groups in total. The fourth-order valence-electron chi connectivity index (χ4n) is 2.29. The molecule has 0 spiro atoms. The average Bonchev–Trinajstić information content (AvgIpc) is 2.64. The van der Waals surface area contributed by atoms with Crippen LogP contribution in [0.4, 0.5) is 0 Å². The van der Waals surface area contributed by atoms with Crippen LogP contribution in [0.15, 0.2) is 0 Å². The summed E-state index contributed by atoms with van der Waals surface area (Å²) in [6, 6.07) is 0. The zero-order valence-corrected chi connectivity index (χ0v) is 10.1. The molecule has 1 heterocycles. The Morgan fingerprint density at radius 3 is 2.93 bits per heavy atom. The third-order valence-corrected chi connectivity index (χ3v) is 3.06. The van der Waals surface area contributed by atoms with Gasteiger partial charge in [-0.3, -0.25) is 4.79 Å². The Labute approximate surface area is 93.2 Å². The quantitative estimate of drug-likeness (QED) is 0.726. The van der Waals surface area contributed by atoms with Crippen molar-refractivity contribution in [1.29, 1.82) is 0 Å². The molecule has 1 aliphatic heterocycles. The van der Waals surface area contributed by atoms with E-state index in [1.54, 1.807) is 0 Å².